The van der Waals surface area contributed by atoms with Gasteiger partial charge in [-0.1, -0.05) is 13.8 Å². The van der Waals surface area contributed by atoms with Gasteiger partial charge in [-0.15, -0.1) is 11.3 Å². The Morgan fingerprint density at radius 1 is 1.32 bits per heavy atom. The van der Waals surface area contributed by atoms with E-state index in [2.05, 4.69) is 18.8 Å². The third-order valence-corrected chi connectivity index (χ3v) is 4.53. The average molecular weight is 274 g/mol. The zero-order valence-corrected chi connectivity index (χ0v) is 12.1. The highest BCUT2D eigenvalue weighted by Crippen LogP contribution is 2.24. The summed E-state index contributed by atoms with van der Waals surface area (Å²) in [5.41, 5.74) is 3.59. The first kappa shape index (κ1) is 12.6. The van der Waals surface area contributed by atoms with E-state index in [0.29, 0.717) is 11.8 Å². The van der Waals surface area contributed by atoms with Gasteiger partial charge in [-0.2, -0.15) is 0 Å². The first-order chi connectivity index (χ1) is 9.13. The fourth-order valence-corrected chi connectivity index (χ4v) is 3.72. The van der Waals surface area contributed by atoms with Crippen LogP contribution < -0.4 is 0 Å². The molecule has 1 aliphatic rings. The first-order valence-corrected chi connectivity index (χ1v) is 7.64. The maximum Gasteiger partial charge on any atom is 0.253 e. The van der Waals surface area contributed by atoms with Crippen molar-refractivity contribution in [3.8, 4) is 0 Å². The molecule has 0 unspecified atom stereocenters. The van der Waals surface area contributed by atoms with E-state index in [1.54, 1.807) is 11.3 Å². The molecule has 1 aliphatic heterocycles. The minimum Gasteiger partial charge on any atom is -0.338 e. The van der Waals surface area contributed by atoms with Crippen molar-refractivity contribution in [2.24, 2.45) is 11.8 Å². The van der Waals surface area contributed by atoms with Crippen molar-refractivity contribution >= 4 is 27.5 Å². The Labute approximate surface area is 117 Å². The van der Waals surface area contributed by atoms with E-state index in [1.807, 2.05) is 28.6 Å². The van der Waals surface area contributed by atoms with Crippen LogP contribution in [0.2, 0.25) is 0 Å². The van der Waals surface area contributed by atoms with Gasteiger partial charge in [0.1, 0.15) is 0 Å². The third kappa shape index (κ3) is 2.50. The SMILES string of the molecule is C[C@H]1C[C@H](C)CN(C(=O)c2ccc3ncsc3c2)C1. The van der Waals surface area contributed by atoms with Crippen LogP contribution in [-0.4, -0.2) is 28.9 Å². The lowest BCUT2D eigenvalue weighted by Crippen LogP contribution is -2.42. The third-order valence-electron chi connectivity index (χ3n) is 3.73. The largest absolute Gasteiger partial charge is 0.338 e. The van der Waals surface area contributed by atoms with Crippen LogP contribution in [0.15, 0.2) is 23.7 Å². The molecule has 2 heterocycles. The molecule has 2 aromatic rings. The van der Waals surface area contributed by atoms with Crippen LogP contribution in [0.3, 0.4) is 0 Å². The van der Waals surface area contributed by atoms with Crippen LogP contribution in [0.25, 0.3) is 10.2 Å². The fraction of sp³-hybridized carbons (Fsp3) is 0.467. The summed E-state index contributed by atoms with van der Waals surface area (Å²) in [6, 6.07) is 5.81. The Morgan fingerprint density at radius 3 is 2.79 bits per heavy atom. The molecule has 0 bridgehead atoms. The standard InChI is InChI=1S/C15H18N2OS/c1-10-5-11(2)8-17(7-10)15(18)12-3-4-13-14(6-12)19-9-16-13/h3-4,6,9-11H,5,7-8H2,1-2H3/t10-,11-/m0/s1. The number of carbonyl (C=O) groups excluding carboxylic acids is 1. The fourth-order valence-electron chi connectivity index (χ4n) is 3.00. The van der Waals surface area contributed by atoms with E-state index in [4.69, 9.17) is 0 Å². The van der Waals surface area contributed by atoms with Crippen molar-refractivity contribution in [2.75, 3.05) is 13.1 Å². The molecular formula is C15H18N2OS. The summed E-state index contributed by atoms with van der Waals surface area (Å²) in [4.78, 5) is 18.8. The van der Waals surface area contributed by atoms with Crippen LogP contribution >= 0.6 is 11.3 Å². The molecule has 0 radical (unpaired) electrons. The highest BCUT2D eigenvalue weighted by atomic mass is 32.1. The van der Waals surface area contributed by atoms with Gasteiger partial charge in [-0.3, -0.25) is 4.79 Å². The van der Waals surface area contributed by atoms with E-state index >= 15 is 0 Å². The maximum absolute atomic E-state index is 12.6. The van der Waals surface area contributed by atoms with Crippen molar-refractivity contribution in [1.29, 1.82) is 0 Å². The number of piperidine rings is 1. The molecule has 2 atom stereocenters. The summed E-state index contributed by atoms with van der Waals surface area (Å²) in [6.45, 7) is 6.21. The second-order valence-electron chi connectivity index (χ2n) is 5.69. The van der Waals surface area contributed by atoms with Gasteiger partial charge in [0.05, 0.1) is 15.7 Å². The molecule has 4 heteroatoms. The minimum atomic E-state index is 0.161. The second kappa shape index (κ2) is 4.93. The lowest BCUT2D eigenvalue weighted by Gasteiger charge is -2.35. The average Bonchev–Trinajstić information content (AvgIpc) is 2.83. The van der Waals surface area contributed by atoms with Crippen LogP contribution in [0.5, 0.6) is 0 Å². The van der Waals surface area contributed by atoms with Gasteiger partial charge in [0.15, 0.2) is 0 Å². The van der Waals surface area contributed by atoms with E-state index in [1.165, 1.54) is 6.42 Å². The Hall–Kier alpha value is -1.42. The van der Waals surface area contributed by atoms with Crippen molar-refractivity contribution in [3.63, 3.8) is 0 Å². The Kier molecular flexibility index (Phi) is 3.27. The Morgan fingerprint density at radius 2 is 2.05 bits per heavy atom. The maximum atomic E-state index is 12.6. The van der Waals surface area contributed by atoms with Crippen LogP contribution in [0.4, 0.5) is 0 Å². The first-order valence-electron chi connectivity index (χ1n) is 6.76. The Bertz CT molecular complexity index is 597. The molecule has 3 rings (SSSR count). The number of hydrogen-bond acceptors (Lipinski definition) is 3. The molecule has 1 saturated heterocycles. The van der Waals surface area contributed by atoms with Gasteiger partial charge in [-0.05, 0) is 36.5 Å². The number of fused-ring (bicyclic) bond motifs is 1. The summed E-state index contributed by atoms with van der Waals surface area (Å²) in [5, 5.41) is 0. The zero-order chi connectivity index (χ0) is 13.4. The molecule has 1 amide bonds. The number of hydrogen-bond donors (Lipinski definition) is 0. The molecule has 100 valence electrons. The number of rotatable bonds is 1. The number of nitrogens with zero attached hydrogens (tertiary/aromatic N) is 2. The summed E-state index contributed by atoms with van der Waals surface area (Å²) in [5.74, 6) is 1.35. The number of benzene rings is 1. The van der Waals surface area contributed by atoms with Gasteiger partial charge in [0, 0.05) is 18.7 Å². The number of thiazole rings is 1. The zero-order valence-electron chi connectivity index (χ0n) is 11.3. The quantitative estimate of drug-likeness (QED) is 0.798. The highest BCUT2D eigenvalue weighted by Gasteiger charge is 2.26. The molecule has 0 spiro atoms. The molecule has 0 saturated carbocycles. The van der Waals surface area contributed by atoms with Crippen molar-refractivity contribution < 1.29 is 4.79 Å². The number of carbonyl (C=O) groups is 1. The molecule has 1 aromatic heterocycles. The lowest BCUT2D eigenvalue weighted by molar-refractivity contribution is 0.0623. The van der Waals surface area contributed by atoms with E-state index in [0.717, 1.165) is 28.9 Å². The van der Waals surface area contributed by atoms with E-state index in [9.17, 15) is 4.79 Å². The van der Waals surface area contributed by atoms with Gasteiger partial charge >= 0.3 is 0 Å². The summed E-state index contributed by atoms with van der Waals surface area (Å²) in [6.07, 6.45) is 1.22. The molecule has 0 aliphatic carbocycles. The summed E-state index contributed by atoms with van der Waals surface area (Å²) >= 11 is 1.58. The molecule has 1 aromatic carbocycles. The molecule has 19 heavy (non-hydrogen) atoms. The van der Waals surface area contributed by atoms with Crippen molar-refractivity contribution in [1.82, 2.24) is 9.88 Å². The van der Waals surface area contributed by atoms with Crippen LogP contribution in [-0.2, 0) is 0 Å². The van der Waals surface area contributed by atoms with E-state index < -0.39 is 0 Å². The monoisotopic (exact) mass is 274 g/mol. The van der Waals surface area contributed by atoms with Crippen LogP contribution in [0.1, 0.15) is 30.6 Å². The smallest absolute Gasteiger partial charge is 0.253 e. The van der Waals surface area contributed by atoms with Gasteiger partial charge in [0.2, 0.25) is 0 Å². The number of likely N-dealkylation sites (tertiary alicyclic amines) is 1. The highest BCUT2D eigenvalue weighted by molar-refractivity contribution is 7.16. The predicted molar refractivity (Wildman–Crippen MR) is 78.5 cm³/mol. The molecule has 0 N–H and O–H groups in total. The molecular weight excluding hydrogens is 256 g/mol. The summed E-state index contributed by atoms with van der Waals surface area (Å²) < 4.78 is 1.09. The van der Waals surface area contributed by atoms with Gasteiger partial charge in [-0.25, -0.2) is 4.98 Å². The number of amides is 1. The molecule has 1 fully saturated rings. The Balaban J connectivity index is 1.86. The lowest BCUT2D eigenvalue weighted by atomic mass is 9.91. The predicted octanol–water partition coefficient (Wildman–Crippen LogP) is 3.41. The van der Waals surface area contributed by atoms with Crippen LogP contribution in [0, 0.1) is 11.8 Å². The summed E-state index contributed by atoms with van der Waals surface area (Å²) in [7, 11) is 0. The second-order valence-corrected chi connectivity index (χ2v) is 6.58. The normalized spacial score (nSPS) is 23.8. The van der Waals surface area contributed by atoms with Gasteiger partial charge in [0.25, 0.3) is 5.91 Å². The topological polar surface area (TPSA) is 33.2 Å². The van der Waals surface area contributed by atoms with Gasteiger partial charge < -0.3 is 4.90 Å². The van der Waals surface area contributed by atoms with E-state index in [-0.39, 0.29) is 5.91 Å². The minimum absolute atomic E-state index is 0.161. The van der Waals surface area contributed by atoms with Crippen molar-refractivity contribution in [3.05, 3.63) is 29.3 Å². The number of aromatic nitrogens is 1. The van der Waals surface area contributed by atoms with Crippen molar-refractivity contribution in [2.45, 2.75) is 20.3 Å². The molecule has 3 nitrogen and oxygen atoms in total.